The second-order valence-corrected chi connectivity index (χ2v) is 7.66. The third kappa shape index (κ3) is 6.04. The number of amides is 1. The van der Waals surface area contributed by atoms with Crippen molar-refractivity contribution in [2.24, 2.45) is 0 Å². The Morgan fingerprint density at radius 1 is 1.15 bits per heavy atom. The number of nitro groups is 1. The molecular weight excluding hydrogens is 481 g/mol. The van der Waals surface area contributed by atoms with E-state index >= 15 is 0 Å². The predicted molar refractivity (Wildman–Crippen MR) is 129 cm³/mol. The van der Waals surface area contributed by atoms with Crippen LogP contribution >= 0.6 is 23.2 Å². The number of non-ortho nitro benzene ring substituents is 1. The van der Waals surface area contributed by atoms with E-state index in [1.54, 1.807) is 36.4 Å². The molecule has 1 N–H and O–H groups in total. The van der Waals surface area contributed by atoms with Gasteiger partial charge in [-0.2, -0.15) is 5.26 Å². The summed E-state index contributed by atoms with van der Waals surface area (Å²) in [6.45, 7) is 0.125. The summed E-state index contributed by atoms with van der Waals surface area (Å²) in [6.07, 6.45) is 1.35. The Bertz CT molecular complexity index is 1320. The third-order valence-corrected chi connectivity index (χ3v) is 5.32. The molecule has 0 atom stereocenters. The van der Waals surface area contributed by atoms with Crippen LogP contribution in [-0.4, -0.2) is 17.9 Å². The zero-order chi connectivity index (χ0) is 24.7. The molecule has 3 aromatic rings. The van der Waals surface area contributed by atoms with Crippen molar-refractivity contribution in [1.82, 2.24) is 0 Å². The molecule has 172 valence electrons. The predicted octanol–water partition coefficient (Wildman–Crippen LogP) is 6.03. The summed E-state index contributed by atoms with van der Waals surface area (Å²) in [5.41, 5.74) is 0.927. The SMILES string of the molecule is COc1cccc(/C=C(\C#N)C(=O)Nc2cccc([N+](=O)[O-])c2)c1OCc1ccc(Cl)c(Cl)c1. The minimum absolute atomic E-state index is 0.125. The van der Waals surface area contributed by atoms with Crippen molar-refractivity contribution in [2.75, 3.05) is 12.4 Å². The number of para-hydroxylation sites is 1. The number of carbonyl (C=O) groups excluding carboxylic acids is 1. The molecule has 0 bridgehead atoms. The van der Waals surface area contributed by atoms with Crippen LogP contribution in [0.15, 0.2) is 66.2 Å². The molecule has 0 aliphatic rings. The standard InChI is InChI=1S/C24H17Cl2N3O5/c1-33-22-7-2-4-16(23(22)34-14-15-8-9-20(25)21(26)10-15)11-17(13-27)24(30)28-18-5-3-6-19(12-18)29(31)32/h2-12H,14H2,1H3,(H,28,30)/b17-11+. The fourth-order valence-electron chi connectivity index (χ4n) is 2.95. The number of benzene rings is 3. The number of nitriles is 1. The molecule has 34 heavy (non-hydrogen) atoms. The average Bonchev–Trinajstić information content (AvgIpc) is 2.83. The van der Waals surface area contributed by atoms with Gasteiger partial charge in [-0.3, -0.25) is 14.9 Å². The summed E-state index contributed by atoms with van der Waals surface area (Å²) < 4.78 is 11.3. The number of methoxy groups -OCH3 is 1. The summed E-state index contributed by atoms with van der Waals surface area (Å²) in [7, 11) is 1.47. The van der Waals surface area contributed by atoms with E-state index in [1.807, 2.05) is 6.07 Å². The van der Waals surface area contributed by atoms with E-state index in [4.69, 9.17) is 32.7 Å². The maximum atomic E-state index is 12.7. The van der Waals surface area contributed by atoms with Crippen LogP contribution in [0.4, 0.5) is 11.4 Å². The van der Waals surface area contributed by atoms with Gasteiger partial charge in [0.1, 0.15) is 18.2 Å². The first-order chi connectivity index (χ1) is 16.3. The number of carbonyl (C=O) groups is 1. The fourth-order valence-corrected chi connectivity index (χ4v) is 3.27. The van der Waals surface area contributed by atoms with Crippen molar-refractivity contribution in [3.05, 3.63) is 97.5 Å². The van der Waals surface area contributed by atoms with Crippen LogP contribution in [0.3, 0.4) is 0 Å². The van der Waals surface area contributed by atoms with E-state index in [-0.39, 0.29) is 23.6 Å². The van der Waals surface area contributed by atoms with E-state index in [0.29, 0.717) is 27.1 Å². The normalized spacial score (nSPS) is 10.8. The topological polar surface area (TPSA) is 114 Å². The van der Waals surface area contributed by atoms with E-state index in [1.165, 1.54) is 37.5 Å². The number of nitrogens with zero attached hydrogens (tertiary/aromatic N) is 2. The van der Waals surface area contributed by atoms with Gasteiger partial charge in [-0.15, -0.1) is 0 Å². The van der Waals surface area contributed by atoms with Gasteiger partial charge in [0, 0.05) is 23.4 Å². The highest BCUT2D eigenvalue weighted by Crippen LogP contribution is 2.34. The lowest BCUT2D eigenvalue weighted by molar-refractivity contribution is -0.384. The van der Waals surface area contributed by atoms with Crippen LogP contribution in [0.2, 0.25) is 10.0 Å². The Balaban J connectivity index is 1.88. The number of hydrogen-bond acceptors (Lipinski definition) is 6. The Kier molecular flexibility index (Phi) is 8.09. The van der Waals surface area contributed by atoms with E-state index in [2.05, 4.69) is 5.32 Å². The molecule has 0 saturated heterocycles. The van der Waals surface area contributed by atoms with E-state index in [0.717, 1.165) is 5.56 Å². The molecule has 0 aliphatic carbocycles. The third-order valence-electron chi connectivity index (χ3n) is 4.58. The Hall–Kier alpha value is -4.06. The molecule has 0 fully saturated rings. The molecule has 0 aliphatic heterocycles. The van der Waals surface area contributed by atoms with Crippen molar-refractivity contribution in [3.63, 3.8) is 0 Å². The summed E-state index contributed by atoms with van der Waals surface area (Å²) in [4.78, 5) is 23.1. The Morgan fingerprint density at radius 2 is 1.91 bits per heavy atom. The van der Waals surface area contributed by atoms with Crippen molar-refractivity contribution in [3.8, 4) is 17.6 Å². The molecule has 0 heterocycles. The van der Waals surface area contributed by atoms with Gasteiger partial charge >= 0.3 is 0 Å². The molecule has 8 nitrogen and oxygen atoms in total. The van der Waals surface area contributed by atoms with Crippen molar-refractivity contribution in [2.45, 2.75) is 6.61 Å². The van der Waals surface area contributed by atoms with Crippen LogP contribution in [-0.2, 0) is 11.4 Å². The smallest absolute Gasteiger partial charge is 0.271 e. The van der Waals surface area contributed by atoms with Gasteiger partial charge in [0.15, 0.2) is 11.5 Å². The monoisotopic (exact) mass is 497 g/mol. The summed E-state index contributed by atoms with van der Waals surface area (Å²) in [6, 6.07) is 17.4. The molecular formula is C24H17Cl2N3O5. The second kappa shape index (κ2) is 11.2. The zero-order valence-electron chi connectivity index (χ0n) is 17.7. The van der Waals surface area contributed by atoms with E-state index < -0.39 is 10.8 Å². The zero-order valence-corrected chi connectivity index (χ0v) is 19.3. The van der Waals surface area contributed by atoms with Gasteiger partial charge in [0.2, 0.25) is 0 Å². The maximum Gasteiger partial charge on any atom is 0.271 e. The minimum atomic E-state index is -0.735. The lowest BCUT2D eigenvalue weighted by Crippen LogP contribution is -2.13. The van der Waals surface area contributed by atoms with Gasteiger partial charge in [0.25, 0.3) is 11.6 Å². The van der Waals surface area contributed by atoms with Gasteiger partial charge in [-0.05, 0) is 35.9 Å². The first kappa shape index (κ1) is 24.6. The highest BCUT2D eigenvalue weighted by Gasteiger charge is 2.16. The lowest BCUT2D eigenvalue weighted by atomic mass is 10.1. The van der Waals surface area contributed by atoms with Crippen LogP contribution in [0, 0.1) is 21.4 Å². The molecule has 0 spiro atoms. The number of ether oxygens (including phenoxy) is 2. The number of rotatable bonds is 8. The van der Waals surface area contributed by atoms with Crippen LogP contribution in [0.1, 0.15) is 11.1 Å². The molecule has 0 aromatic heterocycles. The summed E-state index contributed by atoms with van der Waals surface area (Å²) in [5, 5.41) is 23.8. The van der Waals surface area contributed by atoms with Gasteiger partial charge in [-0.1, -0.05) is 47.5 Å². The number of nitro benzene ring substituents is 1. The molecule has 0 radical (unpaired) electrons. The maximum absolute atomic E-state index is 12.7. The molecule has 1 amide bonds. The minimum Gasteiger partial charge on any atom is -0.493 e. The van der Waals surface area contributed by atoms with Gasteiger partial charge in [-0.25, -0.2) is 0 Å². The number of nitrogens with one attached hydrogen (secondary N) is 1. The number of hydrogen-bond donors (Lipinski definition) is 1. The van der Waals surface area contributed by atoms with Crippen LogP contribution in [0.5, 0.6) is 11.5 Å². The Morgan fingerprint density at radius 3 is 2.59 bits per heavy atom. The fraction of sp³-hybridized carbons (Fsp3) is 0.0833. The molecule has 3 rings (SSSR count). The molecule has 3 aromatic carbocycles. The van der Waals surface area contributed by atoms with Crippen LogP contribution < -0.4 is 14.8 Å². The first-order valence-electron chi connectivity index (χ1n) is 9.73. The van der Waals surface area contributed by atoms with Crippen molar-refractivity contribution < 1.29 is 19.2 Å². The Labute approximate surface area is 205 Å². The average molecular weight is 498 g/mol. The highest BCUT2D eigenvalue weighted by atomic mass is 35.5. The van der Waals surface area contributed by atoms with E-state index in [9.17, 15) is 20.2 Å². The highest BCUT2D eigenvalue weighted by molar-refractivity contribution is 6.42. The van der Waals surface area contributed by atoms with Crippen molar-refractivity contribution >= 4 is 46.6 Å². The first-order valence-corrected chi connectivity index (χ1v) is 10.5. The molecule has 10 heteroatoms. The van der Waals surface area contributed by atoms with Crippen LogP contribution in [0.25, 0.3) is 6.08 Å². The van der Waals surface area contributed by atoms with Gasteiger partial charge < -0.3 is 14.8 Å². The quantitative estimate of drug-likeness (QED) is 0.175. The van der Waals surface area contributed by atoms with Crippen molar-refractivity contribution in [1.29, 1.82) is 5.26 Å². The molecule has 0 unspecified atom stereocenters. The summed E-state index contributed by atoms with van der Waals surface area (Å²) in [5.74, 6) is -0.0292. The summed E-state index contributed by atoms with van der Waals surface area (Å²) >= 11 is 12.0. The molecule has 0 saturated carbocycles. The number of anilines is 1. The van der Waals surface area contributed by atoms with Gasteiger partial charge in [0.05, 0.1) is 22.1 Å². The second-order valence-electron chi connectivity index (χ2n) is 6.85. The lowest BCUT2D eigenvalue weighted by Gasteiger charge is -2.14. The largest absolute Gasteiger partial charge is 0.493 e. The number of halogens is 2.